The van der Waals surface area contributed by atoms with Gasteiger partial charge in [0.1, 0.15) is 13.2 Å². The number of hydrogen-bond donors (Lipinski definition) is 0. The predicted octanol–water partition coefficient (Wildman–Crippen LogP) is 19.3. The van der Waals surface area contributed by atoms with Crippen LogP contribution in [-0.4, -0.2) is 37.2 Å². The van der Waals surface area contributed by atoms with Crippen LogP contribution < -0.4 is 0 Å². The maximum atomic E-state index is 12.8. The molecule has 70 heavy (non-hydrogen) atoms. The minimum Gasteiger partial charge on any atom is -0.462 e. The fourth-order valence-corrected chi connectivity index (χ4v) is 7.51. The third kappa shape index (κ3) is 54.7. The minimum absolute atomic E-state index is 0.0922. The highest BCUT2D eigenvalue weighted by Crippen LogP contribution is 2.15. The number of esters is 3. The molecule has 0 saturated carbocycles. The first kappa shape index (κ1) is 65.8. The van der Waals surface area contributed by atoms with Crippen LogP contribution in [-0.2, 0) is 28.6 Å². The third-order valence-electron chi connectivity index (χ3n) is 11.7. The summed E-state index contributed by atoms with van der Waals surface area (Å²) in [4.78, 5) is 38.0. The van der Waals surface area contributed by atoms with E-state index in [0.717, 1.165) is 116 Å². The molecule has 0 saturated heterocycles. The molecule has 0 aliphatic rings. The Morgan fingerprint density at radius 2 is 0.600 bits per heavy atom. The molecule has 1 atom stereocenters. The second-order valence-electron chi connectivity index (χ2n) is 18.4. The van der Waals surface area contributed by atoms with Gasteiger partial charge in [0, 0.05) is 12.8 Å². The van der Waals surface area contributed by atoms with Crippen molar-refractivity contribution in [1.82, 2.24) is 0 Å². The van der Waals surface area contributed by atoms with Gasteiger partial charge < -0.3 is 14.2 Å². The second-order valence-corrected chi connectivity index (χ2v) is 18.4. The molecule has 6 heteroatoms. The molecule has 0 aliphatic carbocycles. The van der Waals surface area contributed by atoms with E-state index < -0.39 is 12.1 Å². The Balaban J connectivity index is 4.29. The Labute approximate surface area is 431 Å². The van der Waals surface area contributed by atoms with Gasteiger partial charge in [-0.1, -0.05) is 245 Å². The first-order valence-corrected chi connectivity index (χ1v) is 28.5. The van der Waals surface area contributed by atoms with Crippen LogP contribution >= 0.6 is 0 Å². The summed E-state index contributed by atoms with van der Waals surface area (Å²) in [6.45, 7) is 6.25. The van der Waals surface area contributed by atoms with Crippen LogP contribution in [0.1, 0.15) is 245 Å². The lowest BCUT2D eigenvalue weighted by Crippen LogP contribution is -2.30. The number of ether oxygens (including phenoxy) is 3. The molecule has 0 spiro atoms. The van der Waals surface area contributed by atoms with Crippen LogP contribution in [0.5, 0.6) is 0 Å². The first-order valence-electron chi connectivity index (χ1n) is 28.5. The molecule has 0 fully saturated rings. The topological polar surface area (TPSA) is 78.9 Å². The maximum absolute atomic E-state index is 12.8. The van der Waals surface area contributed by atoms with E-state index in [1.165, 1.54) is 89.9 Å². The van der Waals surface area contributed by atoms with Gasteiger partial charge in [-0.15, -0.1) is 0 Å². The number of hydrogen-bond acceptors (Lipinski definition) is 6. The van der Waals surface area contributed by atoms with Gasteiger partial charge in [0.25, 0.3) is 0 Å². The molecule has 0 N–H and O–H groups in total. The van der Waals surface area contributed by atoms with Gasteiger partial charge in [-0.3, -0.25) is 14.4 Å². The van der Waals surface area contributed by atoms with E-state index >= 15 is 0 Å². The Hall–Kier alpha value is -4.19. The zero-order valence-corrected chi connectivity index (χ0v) is 45.2. The van der Waals surface area contributed by atoms with Gasteiger partial charge in [0.05, 0.1) is 6.42 Å². The standard InChI is InChI=1S/C64H104O6/c1-4-7-10-13-16-19-22-24-26-27-28-29-30-31-32-33-34-35-36-37-39-40-42-45-48-51-54-57-63(66)69-60-61(59-68-62(65)56-53-50-47-44-21-18-15-12-9-6-3)70-64(67)58-55-52-49-46-43-41-38-25-23-20-17-14-11-8-5-2/h7-8,10-12,15-17,19-20,24-26,28-29,38,43,46,52,55,61H,4-6,9,13-14,18,21-23,27,30-37,39-42,44-45,47-51,53-54,56-60H2,1-3H3/b10-7-,11-8-,15-12-,19-16-,20-17-,26-24-,29-28-,38-25-,46-43-,55-52-. The number of unbranched alkanes of at least 4 members (excludes halogenated alkanes) is 20. The molecule has 0 aromatic carbocycles. The van der Waals surface area contributed by atoms with Crippen molar-refractivity contribution in [2.24, 2.45) is 0 Å². The molecule has 0 aromatic rings. The minimum atomic E-state index is -0.837. The van der Waals surface area contributed by atoms with Crippen LogP contribution in [0, 0.1) is 0 Å². The number of rotatable bonds is 50. The van der Waals surface area contributed by atoms with E-state index in [2.05, 4.69) is 130 Å². The summed E-state index contributed by atoms with van der Waals surface area (Å²) >= 11 is 0. The molecule has 0 aromatic heterocycles. The molecule has 396 valence electrons. The molecule has 0 bridgehead atoms. The Morgan fingerprint density at radius 1 is 0.314 bits per heavy atom. The molecule has 6 nitrogen and oxygen atoms in total. The summed E-state index contributed by atoms with van der Waals surface area (Å²) in [5, 5.41) is 0. The van der Waals surface area contributed by atoms with Crippen molar-refractivity contribution < 1.29 is 28.6 Å². The van der Waals surface area contributed by atoms with Gasteiger partial charge in [0.2, 0.25) is 0 Å². The highest BCUT2D eigenvalue weighted by molar-refractivity contribution is 5.72. The van der Waals surface area contributed by atoms with Crippen molar-refractivity contribution in [3.05, 3.63) is 122 Å². The highest BCUT2D eigenvalue weighted by atomic mass is 16.6. The van der Waals surface area contributed by atoms with Crippen LogP contribution in [0.2, 0.25) is 0 Å². The number of carbonyl (C=O) groups excluding carboxylic acids is 3. The van der Waals surface area contributed by atoms with Crippen molar-refractivity contribution in [3.8, 4) is 0 Å². The maximum Gasteiger partial charge on any atom is 0.310 e. The summed E-state index contributed by atoms with van der Waals surface area (Å²) in [7, 11) is 0. The van der Waals surface area contributed by atoms with Gasteiger partial charge in [0.15, 0.2) is 6.10 Å². The summed E-state index contributed by atoms with van der Waals surface area (Å²) in [6.07, 6.45) is 79.5. The normalized spacial score (nSPS) is 13.0. The quantitative estimate of drug-likeness (QED) is 0.0262. The van der Waals surface area contributed by atoms with Gasteiger partial charge in [-0.05, 0) is 103 Å². The summed E-state index contributed by atoms with van der Waals surface area (Å²) in [5.41, 5.74) is 0. The zero-order valence-electron chi connectivity index (χ0n) is 45.2. The van der Waals surface area contributed by atoms with Crippen LogP contribution in [0.25, 0.3) is 0 Å². The first-order chi connectivity index (χ1) is 34.5. The van der Waals surface area contributed by atoms with Crippen LogP contribution in [0.3, 0.4) is 0 Å². The fraction of sp³-hybridized carbons (Fsp3) is 0.641. The molecule has 0 aliphatic heterocycles. The van der Waals surface area contributed by atoms with Crippen LogP contribution in [0.4, 0.5) is 0 Å². The van der Waals surface area contributed by atoms with Gasteiger partial charge >= 0.3 is 17.9 Å². The average Bonchev–Trinajstić information content (AvgIpc) is 3.36. The molecule has 0 heterocycles. The smallest absolute Gasteiger partial charge is 0.310 e. The van der Waals surface area contributed by atoms with E-state index in [1.807, 2.05) is 6.08 Å². The Kier molecular flexibility index (Phi) is 54.0. The summed E-state index contributed by atoms with van der Waals surface area (Å²) in [5.74, 6) is -1.07. The van der Waals surface area contributed by atoms with Crippen molar-refractivity contribution in [2.75, 3.05) is 13.2 Å². The molecule has 0 rings (SSSR count). The largest absolute Gasteiger partial charge is 0.462 e. The Morgan fingerprint density at radius 3 is 0.957 bits per heavy atom. The highest BCUT2D eigenvalue weighted by Gasteiger charge is 2.19. The average molecular weight is 970 g/mol. The number of carbonyl (C=O) groups is 3. The lowest BCUT2D eigenvalue weighted by molar-refractivity contribution is -0.166. The monoisotopic (exact) mass is 969 g/mol. The SMILES string of the molecule is CC/C=C\C/C=C\C/C=C\C/C=C\C/C=C\CC(=O)OC(COC(=O)CCCCCCC/C=C\CCC)COC(=O)CCCCCCCCCCCCCCCC/C=C\C/C=C\C/C=C\C/C=C\CC. The van der Waals surface area contributed by atoms with E-state index in [0.29, 0.717) is 12.8 Å². The van der Waals surface area contributed by atoms with Crippen molar-refractivity contribution in [3.63, 3.8) is 0 Å². The number of allylic oxidation sites excluding steroid dienone is 19. The third-order valence-corrected chi connectivity index (χ3v) is 11.7. The van der Waals surface area contributed by atoms with E-state index in [1.54, 1.807) is 6.08 Å². The fourth-order valence-electron chi connectivity index (χ4n) is 7.51. The van der Waals surface area contributed by atoms with Crippen molar-refractivity contribution in [2.45, 2.75) is 252 Å². The molecule has 0 radical (unpaired) electrons. The van der Waals surface area contributed by atoms with Gasteiger partial charge in [-0.2, -0.15) is 0 Å². The zero-order chi connectivity index (χ0) is 50.7. The van der Waals surface area contributed by atoms with Crippen molar-refractivity contribution >= 4 is 17.9 Å². The lowest BCUT2D eigenvalue weighted by Gasteiger charge is -2.18. The second kappa shape index (κ2) is 57.4. The van der Waals surface area contributed by atoms with E-state index in [4.69, 9.17) is 14.2 Å². The Bertz CT molecular complexity index is 1490. The predicted molar refractivity (Wildman–Crippen MR) is 302 cm³/mol. The molecule has 0 amide bonds. The molecule has 1 unspecified atom stereocenters. The molecular weight excluding hydrogens is 865 g/mol. The summed E-state index contributed by atoms with van der Waals surface area (Å²) in [6, 6.07) is 0. The van der Waals surface area contributed by atoms with E-state index in [-0.39, 0.29) is 31.6 Å². The molecular formula is C64H104O6. The van der Waals surface area contributed by atoms with Crippen LogP contribution in [0.15, 0.2) is 122 Å². The summed E-state index contributed by atoms with van der Waals surface area (Å²) < 4.78 is 16.7. The van der Waals surface area contributed by atoms with Gasteiger partial charge in [-0.25, -0.2) is 0 Å². The lowest BCUT2D eigenvalue weighted by atomic mass is 10.0. The van der Waals surface area contributed by atoms with Crippen molar-refractivity contribution in [1.29, 1.82) is 0 Å². The van der Waals surface area contributed by atoms with E-state index in [9.17, 15) is 14.4 Å².